The Labute approximate surface area is 192 Å². The van der Waals surface area contributed by atoms with Crippen LogP contribution < -0.4 is 0 Å². The Morgan fingerprint density at radius 1 is 0.969 bits per heavy atom. The molecular weight excluding hydrogens is 432 g/mol. The van der Waals surface area contributed by atoms with Crippen molar-refractivity contribution < 1.29 is 28.0 Å². The van der Waals surface area contributed by atoms with Gasteiger partial charge in [0.15, 0.2) is 0 Å². The Morgan fingerprint density at radius 2 is 1.53 bits per heavy atom. The first-order valence-corrected chi connectivity index (χ1v) is 13.4. The minimum Gasteiger partial charge on any atom is -0.371 e. The van der Waals surface area contributed by atoms with Crippen LogP contribution in [-0.2, 0) is 20.4 Å². The summed E-state index contributed by atoms with van der Waals surface area (Å²) in [6.07, 6.45) is 14.8. The van der Waals surface area contributed by atoms with E-state index in [1.165, 1.54) is 69.9 Å². The molecule has 0 aliphatic carbocycles. The van der Waals surface area contributed by atoms with Crippen LogP contribution in [0.15, 0.2) is 18.2 Å². The highest BCUT2D eigenvalue weighted by Crippen LogP contribution is 2.36. The van der Waals surface area contributed by atoms with Crippen molar-refractivity contribution in [3.63, 3.8) is 0 Å². The fourth-order valence-electron chi connectivity index (χ4n) is 3.62. The largest absolute Gasteiger partial charge is 0.469 e. The molecule has 0 aromatic heterocycles. The van der Waals surface area contributed by atoms with Crippen molar-refractivity contribution in [1.82, 2.24) is 0 Å². The lowest BCUT2D eigenvalue weighted by molar-refractivity contribution is -0.00383. The Hall–Kier alpha value is -1.29. The zero-order chi connectivity index (χ0) is 23.7. The van der Waals surface area contributed by atoms with E-state index in [1.54, 1.807) is 0 Å². The van der Waals surface area contributed by atoms with Crippen LogP contribution in [0.4, 0.5) is 4.39 Å². The minimum atomic E-state index is -4.59. The van der Waals surface area contributed by atoms with E-state index < -0.39 is 19.7 Å². The van der Waals surface area contributed by atoms with E-state index in [9.17, 15) is 8.96 Å². The maximum absolute atomic E-state index is 13.6. The summed E-state index contributed by atoms with van der Waals surface area (Å²) in [5, 5.41) is 8.95. The maximum Gasteiger partial charge on any atom is 0.469 e. The molecule has 32 heavy (non-hydrogen) atoms. The second kappa shape index (κ2) is 17.2. The second-order valence-electron chi connectivity index (χ2n) is 8.36. The summed E-state index contributed by atoms with van der Waals surface area (Å²) < 4.78 is 35.0. The van der Waals surface area contributed by atoms with Gasteiger partial charge in [0, 0.05) is 0 Å². The monoisotopic (exact) mass is 471 g/mol. The molecule has 2 N–H and O–H groups in total. The van der Waals surface area contributed by atoms with Gasteiger partial charge < -0.3 is 14.5 Å². The smallest absolute Gasteiger partial charge is 0.371 e. The van der Waals surface area contributed by atoms with Gasteiger partial charge in [0.1, 0.15) is 5.82 Å². The van der Waals surface area contributed by atoms with Crippen molar-refractivity contribution in [2.75, 3.05) is 6.61 Å². The van der Waals surface area contributed by atoms with Gasteiger partial charge in [-0.15, -0.1) is 0 Å². The van der Waals surface area contributed by atoms with Crippen molar-refractivity contribution >= 4 is 7.82 Å². The number of halogens is 1. The molecule has 0 spiro atoms. The first kappa shape index (κ1) is 28.7. The fourth-order valence-corrected chi connectivity index (χ4v) is 3.98. The topological polar surface area (TPSA) is 99.8 Å². The van der Waals surface area contributed by atoms with Crippen LogP contribution in [0.3, 0.4) is 0 Å². The Morgan fingerprint density at radius 3 is 2.06 bits per heavy atom. The van der Waals surface area contributed by atoms with Crippen molar-refractivity contribution in [2.24, 2.45) is 0 Å². The molecular formula is C24H39FNO5P. The van der Waals surface area contributed by atoms with Gasteiger partial charge in [0.05, 0.1) is 31.0 Å². The number of phosphoric acid groups is 1. The Balaban J connectivity index is 2.28. The molecule has 0 aliphatic rings. The highest BCUT2D eigenvalue weighted by atomic mass is 31.2. The number of unbranched alkanes of at least 4 members (excludes halogenated alkanes) is 11. The molecule has 6 nitrogen and oxygen atoms in total. The molecule has 1 rings (SSSR count). The standard InChI is InChI=1S/C24H39FNO5P/c1-2-3-4-5-6-7-8-9-10-11-12-13-14-24(20-31-32(27,28)29)30-19-22-15-21(18-26)16-23(25)17-22/h15-17,24H,2-14,19-20H2,1H3,(H2,27,28,29). The van der Waals surface area contributed by atoms with Crippen LogP contribution >= 0.6 is 7.82 Å². The summed E-state index contributed by atoms with van der Waals surface area (Å²) in [5.41, 5.74) is 0.699. The molecule has 1 aromatic carbocycles. The van der Waals surface area contributed by atoms with E-state index in [2.05, 4.69) is 11.4 Å². The molecule has 1 unspecified atom stereocenters. The number of nitrogens with zero attached hydrogens (tertiary/aromatic N) is 1. The number of benzene rings is 1. The first-order valence-electron chi connectivity index (χ1n) is 11.8. The highest BCUT2D eigenvalue weighted by molar-refractivity contribution is 7.46. The molecule has 0 bridgehead atoms. The summed E-state index contributed by atoms with van der Waals surface area (Å²) in [5.74, 6) is -0.522. The summed E-state index contributed by atoms with van der Waals surface area (Å²) >= 11 is 0. The van der Waals surface area contributed by atoms with E-state index in [1.807, 2.05) is 6.07 Å². The van der Waals surface area contributed by atoms with Crippen molar-refractivity contribution in [2.45, 2.75) is 103 Å². The van der Waals surface area contributed by atoms with Crippen LogP contribution in [0.2, 0.25) is 0 Å². The van der Waals surface area contributed by atoms with E-state index in [-0.39, 0.29) is 18.8 Å². The summed E-state index contributed by atoms with van der Waals surface area (Å²) in [4.78, 5) is 18.0. The van der Waals surface area contributed by atoms with Crippen LogP contribution in [0.5, 0.6) is 0 Å². The number of ether oxygens (including phenoxy) is 1. The SMILES string of the molecule is CCCCCCCCCCCCCCC(COP(=O)(O)O)OCc1cc(F)cc(C#N)c1. The van der Waals surface area contributed by atoms with E-state index >= 15 is 0 Å². The second-order valence-corrected chi connectivity index (χ2v) is 9.60. The summed E-state index contributed by atoms with van der Waals surface area (Å²) in [6.45, 7) is 2.04. The number of rotatable bonds is 19. The molecule has 1 atom stereocenters. The average molecular weight is 472 g/mol. The molecule has 0 saturated carbocycles. The molecule has 0 heterocycles. The third-order valence-electron chi connectivity index (χ3n) is 5.38. The third kappa shape index (κ3) is 15.5. The highest BCUT2D eigenvalue weighted by Gasteiger charge is 2.19. The van der Waals surface area contributed by atoms with Crippen molar-refractivity contribution in [1.29, 1.82) is 5.26 Å². The lowest BCUT2D eigenvalue weighted by atomic mass is 10.0. The van der Waals surface area contributed by atoms with Crippen LogP contribution in [-0.4, -0.2) is 22.5 Å². The molecule has 0 saturated heterocycles. The molecule has 0 amide bonds. The van der Waals surface area contributed by atoms with Crippen LogP contribution in [0.1, 0.15) is 102 Å². The van der Waals surface area contributed by atoms with Gasteiger partial charge in [0.25, 0.3) is 0 Å². The molecule has 0 aliphatic heterocycles. The normalized spacial score (nSPS) is 12.6. The van der Waals surface area contributed by atoms with Gasteiger partial charge in [-0.25, -0.2) is 8.96 Å². The molecule has 8 heteroatoms. The molecule has 1 aromatic rings. The quantitative estimate of drug-likeness (QED) is 0.170. The van der Waals surface area contributed by atoms with Gasteiger partial charge in [-0.1, -0.05) is 84.0 Å². The zero-order valence-electron chi connectivity index (χ0n) is 19.3. The average Bonchev–Trinajstić information content (AvgIpc) is 2.74. The lowest BCUT2D eigenvalue weighted by Gasteiger charge is -2.18. The predicted molar refractivity (Wildman–Crippen MR) is 123 cm³/mol. The van der Waals surface area contributed by atoms with Crippen molar-refractivity contribution in [3.8, 4) is 6.07 Å². The minimum absolute atomic E-state index is 0.0415. The van der Waals surface area contributed by atoms with Crippen molar-refractivity contribution in [3.05, 3.63) is 35.1 Å². The molecule has 0 fully saturated rings. The van der Waals surface area contributed by atoms with Gasteiger partial charge in [0.2, 0.25) is 0 Å². The van der Waals surface area contributed by atoms with Gasteiger partial charge >= 0.3 is 7.82 Å². The maximum atomic E-state index is 13.6. The first-order chi connectivity index (χ1) is 15.3. The molecule has 182 valence electrons. The van der Waals surface area contributed by atoms with Crippen LogP contribution in [0.25, 0.3) is 0 Å². The van der Waals surface area contributed by atoms with E-state index in [4.69, 9.17) is 19.8 Å². The lowest BCUT2D eigenvalue weighted by Crippen LogP contribution is -2.19. The van der Waals surface area contributed by atoms with Gasteiger partial charge in [-0.05, 0) is 30.2 Å². The van der Waals surface area contributed by atoms with Crippen LogP contribution in [0, 0.1) is 17.1 Å². The number of phosphoric ester groups is 1. The third-order valence-corrected chi connectivity index (χ3v) is 5.87. The zero-order valence-corrected chi connectivity index (χ0v) is 20.2. The number of nitriles is 1. The predicted octanol–water partition coefficient (Wildman–Crippen LogP) is 6.78. The van der Waals surface area contributed by atoms with E-state index in [0.717, 1.165) is 25.3 Å². The Bertz CT molecular complexity index is 719. The summed E-state index contributed by atoms with van der Waals surface area (Å²) in [7, 11) is -4.59. The van der Waals surface area contributed by atoms with Gasteiger partial charge in [-0.2, -0.15) is 5.26 Å². The number of hydrogen-bond donors (Lipinski definition) is 2. The fraction of sp³-hybridized carbons (Fsp3) is 0.708. The van der Waals surface area contributed by atoms with Gasteiger partial charge in [-0.3, -0.25) is 4.52 Å². The Kier molecular flexibility index (Phi) is 15.5. The molecule has 0 radical (unpaired) electrons. The van der Waals surface area contributed by atoms with E-state index in [0.29, 0.717) is 12.0 Å². The number of hydrogen-bond acceptors (Lipinski definition) is 4. The summed E-state index contributed by atoms with van der Waals surface area (Å²) in [6, 6.07) is 5.86.